The van der Waals surface area contributed by atoms with Gasteiger partial charge in [-0.3, -0.25) is 4.79 Å². The first-order chi connectivity index (χ1) is 13.8. The molecule has 0 radical (unpaired) electrons. The van der Waals surface area contributed by atoms with E-state index in [4.69, 9.17) is 9.47 Å². The summed E-state index contributed by atoms with van der Waals surface area (Å²) >= 11 is 0. The molecule has 0 aromatic heterocycles. The first kappa shape index (κ1) is 20.7. The fraction of sp³-hybridized carbons (Fsp3) is 0.391. The van der Waals surface area contributed by atoms with Crippen LogP contribution in [0.4, 0.5) is 4.79 Å². The lowest BCUT2D eigenvalue weighted by Crippen LogP contribution is -2.51. The topological polar surface area (TPSA) is 59.1 Å². The highest BCUT2D eigenvalue weighted by Crippen LogP contribution is 2.18. The molecule has 1 heterocycles. The highest BCUT2D eigenvalue weighted by molar-refractivity contribution is 5.94. The van der Waals surface area contributed by atoms with Crippen LogP contribution in [0, 0.1) is 0 Å². The quantitative estimate of drug-likeness (QED) is 0.785. The number of ether oxygens (including phenoxy) is 2. The van der Waals surface area contributed by atoms with E-state index in [2.05, 4.69) is 0 Å². The number of nitrogens with zero attached hydrogens (tertiary/aromatic N) is 2. The van der Waals surface area contributed by atoms with Crippen LogP contribution < -0.4 is 4.74 Å². The van der Waals surface area contributed by atoms with Gasteiger partial charge < -0.3 is 19.3 Å². The number of hydrogen-bond acceptors (Lipinski definition) is 4. The zero-order valence-electron chi connectivity index (χ0n) is 17.3. The highest BCUT2D eigenvalue weighted by Gasteiger charge is 2.28. The minimum atomic E-state index is -0.524. The monoisotopic (exact) mass is 396 g/mol. The summed E-state index contributed by atoms with van der Waals surface area (Å²) in [5.74, 6) is 0.603. The average Bonchev–Trinajstić information content (AvgIpc) is 2.71. The van der Waals surface area contributed by atoms with Gasteiger partial charge in [0.25, 0.3) is 5.91 Å². The molecule has 2 aromatic carbocycles. The molecule has 2 amide bonds. The maximum Gasteiger partial charge on any atom is 0.410 e. The molecule has 6 heteroatoms. The summed E-state index contributed by atoms with van der Waals surface area (Å²) in [5, 5.41) is 0. The van der Waals surface area contributed by atoms with Crippen molar-refractivity contribution in [2.24, 2.45) is 0 Å². The Bertz CT molecular complexity index is 837. The molecule has 0 atom stereocenters. The summed E-state index contributed by atoms with van der Waals surface area (Å²) in [5.41, 5.74) is 1.13. The Morgan fingerprint density at radius 1 is 0.897 bits per heavy atom. The second kappa shape index (κ2) is 8.99. The van der Waals surface area contributed by atoms with Crippen LogP contribution in [0.2, 0.25) is 0 Å². The molecule has 2 aromatic rings. The molecule has 1 saturated heterocycles. The molecule has 1 aliphatic rings. The summed E-state index contributed by atoms with van der Waals surface area (Å²) < 4.78 is 11.2. The van der Waals surface area contributed by atoms with Crippen molar-refractivity contribution in [2.45, 2.75) is 33.0 Å². The SMILES string of the molecule is CC(C)(C)OC(=O)N1CCN(C(=O)c2cccc(OCc3ccccc3)c2)CC1. The van der Waals surface area contributed by atoms with E-state index in [1.54, 1.807) is 21.9 Å². The molecule has 0 spiro atoms. The summed E-state index contributed by atoms with van der Waals surface area (Å²) in [6.07, 6.45) is -0.332. The Morgan fingerprint density at radius 3 is 2.21 bits per heavy atom. The number of hydrogen-bond donors (Lipinski definition) is 0. The van der Waals surface area contributed by atoms with Gasteiger partial charge in [0.15, 0.2) is 0 Å². The van der Waals surface area contributed by atoms with Gasteiger partial charge in [0.1, 0.15) is 18.0 Å². The molecule has 6 nitrogen and oxygen atoms in total. The van der Waals surface area contributed by atoms with Crippen LogP contribution in [0.25, 0.3) is 0 Å². The first-order valence-corrected chi connectivity index (χ1v) is 9.86. The third kappa shape index (κ3) is 5.98. The number of carbonyl (C=O) groups excluding carboxylic acids is 2. The van der Waals surface area contributed by atoms with Crippen LogP contribution in [0.5, 0.6) is 5.75 Å². The molecule has 29 heavy (non-hydrogen) atoms. The van der Waals surface area contributed by atoms with E-state index in [-0.39, 0.29) is 12.0 Å². The molecule has 0 bridgehead atoms. The van der Waals surface area contributed by atoms with Crippen LogP contribution in [0.15, 0.2) is 54.6 Å². The van der Waals surface area contributed by atoms with E-state index < -0.39 is 5.60 Å². The Balaban J connectivity index is 1.55. The number of rotatable bonds is 4. The lowest BCUT2D eigenvalue weighted by molar-refractivity contribution is 0.0141. The molecule has 1 fully saturated rings. The molecule has 3 rings (SSSR count). The van der Waals surface area contributed by atoms with Gasteiger partial charge >= 0.3 is 6.09 Å². The Kier molecular flexibility index (Phi) is 6.42. The fourth-order valence-electron chi connectivity index (χ4n) is 3.06. The van der Waals surface area contributed by atoms with Crippen molar-refractivity contribution in [1.82, 2.24) is 9.80 Å². The molecule has 0 N–H and O–H groups in total. The van der Waals surface area contributed by atoms with Gasteiger partial charge in [-0.25, -0.2) is 4.79 Å². The van der Waals surface area contributed by atoms with Crippen LogP contribution >= 0.6 is 0 Å². The predicted octanol–water partition coefficient (Wildman–Crippen LogP) is 3.96. The van der Waals surface area contributed by atoms with Crippen molar-refractivity contribution in [3.8, 4) is 5.75 Å². The second-order valence-electron chi connectivity index (χ2n) is 8.06. The maximum atomic E-state index is 12.9. The van der Waals surface area contributed by atoms with E-state index in [1.807, 2.05) is 63.2 Å². The predicted molar refractivity (Wildman–Crippen MR) is 111 cm³/mol. The molecule has 0 saturated carbocycles. The molecular weight excluding hydrogens is 368 g/mol. The van der Waals surface area contributed by atoms with Crippen molar-refractivity contribution < 1.29 is 19.1 Å². The zero-order chi connectivity index (χ0) is 20.9. The third-order valence-corrected chi connectivity index (χ3v) is 4.55. The third-order valence-electron chi connectivity index (χ3n) is 4.55. The van der Waals surface area contributed by atoms with E-state index >= 15 is 0 Å². The highest BCUT2D eigenvalue weighted by atomic mass is 16.6. The number of amides is 2. The van der Waals surface area contributed by atoms with Gasteiger partial charge in [-0.2, -0.15) is 0 Å². The summed E-state index contributed by atoms with van der Waals surface area (Å²) in [7, 11) is 0. The van der Waals surface area contributed by atoms with Gasteiger partial charge in [0.05, 0.1) is 0 Å². The van der Waals surface area contributed by atoms with Crippen molar-refractivity contribution >= 4 is 12.0 Å². The number of carbonyl (C=O) groups is 2. The lowest BCUT2D eigenvalue weighted by Gasteiger charge is -2.35. The minimum Gasteiger partial charge on any atom is -0.489 e. The van der Waals surface area contributed by atoms with Crippen LogP contribution in [-0.2, 0) is 11.3 Å². The van der Waals surface area contributed by atoms with E-state index in [0.29, 0.717) is 44.1 Å². The Morgan fingerprint density at radius 2 is 1.55 bits per heavy atom. The van der Waals surface area contributed by atoms with Crippen molar-refractivity contribution in [2.75, 3.05) is 26.2 Å². The molecule has 154 valence electrons. The van der Waals surface area contributed by atoms with Gasteiger partial charge in [0.2, 0.25) is 0 Å². The van der Waals surface area contributed by atoms with Gasteiger partial charge in [-0.05, 0) is 44.5 Å². The fourth-order valence-corrected chi connectivity index (χ4v) is 3.06. The van der Waals surface area contributed by atoms with Gasteiger partial charge in [-0.1, -0.05) is 36.4 Å². The summed E-state index contributed by atoms with van der Waals surface area (Å²) in [6, 6.07) is 17.1. The largest absolute Gasteiger partial charge is 0.489 e. The van der Waals surface area contributed by atoms with Crippen molar-refractivity contribution in [3.63, 3.8) is 0 Å². The smallest absolute Gasteiger partial charge is 0.410 e. The second-order valence-corrected chi connectivity index (χ2v) is 8.06. The van der Waals surface area contributed by atoms with Crippen LogP contribution in [0.3, 0.4) is 0 Å². The lowest BCUT2D eigenvalue weighted by atomic mass is 10.1. The summed E-state index contributed by atoms with van der Waals surface area (Å²) in [4.78, 5) is 28.5. The van der Waals surface area contributed by atoms with E-state index in [9.17, 15) is 9.59 Å². The van der Waals surface area contributed by atoms with E-state index in [0.717, 1.165) is 5.56 Å². The molecular formula is C23H28N2O4. The summed E-state index contributed by atoms with van der Waals surface area (Å²) in [6.45, 7) is 7.87. The van der Waals surface area contributed by atoms with Crippen LogP contribution in [-0.4, -0.2) is 53.6 Å². The minimum absolute atomic E-state index is 0.0565. The standard InChI is InChI=1S/C23H28N2O4/c1-23(2,3)29-22(27)25-14-12-24(13-15-25)21(26)19-10-7-11-20(16-19)28-17-18-8-5-4-6-9-18/h4-11,16H,12-15,17H2,1-3H3. The number of piperazine rings is 1. The van der Waals surface area contributed by atoms with Crippen molar-refractivity contribution in [3.05, 3.63) is 65.7 Å². The zero-order valence-corrected chi connectivity index (χ0v) is 17.3. The number of benzene rings is 2. The maximum absolute atomic E-state index is 12.9. The molecule has 1 aliphatic heterocycles. The average molecular weight is 396 g/mol. The van der Waals surface area contributed by atoms with Crippen molar-refractivity contribution in [1.29, 1.82) is 0 Å². The molecule has 0 unspecified atom stereocenters. The van der Waals surface area contributed by atoms with Gasteiger partial charge in [-0.15, -0.1) is 0 Å². The Labute approximate surface area is 172 Å². The Hall–Kier alpha value is -3.02. The van der Waals surface area contributed by atoms with Gasteiger partial charge in [0, 0.05) is 31.7 Å². The first-order valence-electron chi connectivity index (χ1n) is 9.86. The van der Waals surface area contributed by atoms with E-state index in [1.165, 1.54) is 0 Å². The normalized spacial score (nSPS) is 14.4. The van der Waals surface area contributed by atoms with Crippen LogP contribution in [0.1, 0.15) is 36.7 Å². The molecule has 0 aliphatic carbocycles.